The van der Waals surface area contributed by atoms with Crippen molar-refractivity contribution >= 4 is 5.91 Å². The lowest BCUT2D eigenvalue weighted by Crippen LogP contribution is -2.59. The van der Waals surface area contributed by atoms with Crippen LogP contribution in [0.15, 0.2) is 24.5 Å². The predicted octanol–water partition coefficient (Wildman–Crippen LogP) is 0.713. The van der Waals surface area contributed by atoms with Gasteiger partial charge in [-0.15, -0.1) is 0 Å². The second kappa shape index (κ2) is 4.66. The highest BCUT2D eigenvalue weighted by atomic mass is 16.5. The highest BCUT2D eigenvalue weighted by Gasteiger charge is 2.45. The summed E-state index contributed by atoms with van der Waals surface area (Å²) in [5, 5.41) is 0. The topological polar surface area (TPSA) is 51.7 Å². The molecule has 1 aromatic rings. The minimum atomic E-state index is -0.273. The van der Waals surface area contributed by atoms with Crippen LogP contribution in [0.5, 0.6) is 0 Å². The van der Waals surface area contributed by atoms with Crippen molar-refractivity contribution in [2.75, 3.05) is 33.0 Å². The number of hydrogen-bond donors (Lipinski definition) is 0. The smallest absolute Gasteiger partial charge is 0.256 e. The minimum absolute atomic E-state index is 0.0249. The van der Waals surface area contributed by atoms with E-state index in [1.807, 2.05) is 4.90 Å². The van der Waals surface area contributed by atoms with Gasteiger partial charge in [-0.1, -0.05) is 0 Å². The molecule has 5 nitrogen and oxygen atoms in total. The van der Waals surface area contributed by atoms with Crippen LogP contribution in [0.3, 0.4) is 0 Å². The van der Waals surface area contributed by atoms with E-state index in [1.54, 1.807) is 24.5 Å². The van der Waals surface area contributed by atoms with Gasteiger partial charge in [0.05, 0.1) is 30.9 Å². The highest BCUT2D eigenvalue weighted by Crippen LogP contribution is 2.30. The summed E-state index contributed by atoms with van der Waals surface area (Å²) in [4.78, 5) is 18.4. The lowest BCUT2D eigenvalue weighted by Gasteiger charge is -2.43. The fourth-order valence-corrected chi connectivity index (χ4v) is 2.62. The van der Waals surface area contributed by atoms with Crippen LogP contribution >= 0.6 is 0 Å². The lowest BCUT2D eigenvalue weighted by atomic mass is 9.95. The summed E-state index contributed by atoms with van der Waals surface area (Å²) < 4.78 is 11.0. The standard InChI is InChI=1S/C13H16N2O3/c16-12(11-2-1-4-14-8-11)15-5-7-18-10-13(15)3-6-17-9-13/h1-2,4,8H,3,5-7,9-10H2. The minimum Gasteiger partial charge on any atom is -0.379 e. The van der Waals surface area contributed by atoms with Crippen molar-refractivity contribution in [3.63, 3.8) is 0 Å². The number of nitrogens with zero attached hydrogens (tertiary/aromatic N) is 2. The van der Waals surface area contributed by atoms with Gasteiger partial charge in [0.2, 0.25) is 0 Å². The van der Waals surface area contributed by atoms with Gasteiger partial charge < -0.3 is 14.4 Å². The zero-order chi connectivity index (χ0) is 12.4. The summed E-state index contributed by atoms with van der Waals surface area (Å²) in [5.74, 6) is 0.0249. The Morgan fingerprint density at radius 2 is 2.17 bits per heavy atom. The van der Waals surface area contributed by atoms with Gasteiger partial charge in [-0.05, 0) is 18.6 Å². The third kappa shape index (κ3) is 1.89. The fourth-order valence-electron chi connectivity index (χ4n) is 2.62. The van der Waals surface area contributed by atoms with Crippen LogP contribution in [-0.4, -0.2) is 54.3 Å². The number of amides is 1. The molecule has 2 saturated heterocycles. The maximum atomic E-state index is 12.5. The summed E-state index contributed by atoms with van der Waals surface area (Å²) in [6.45, 7) is 3.04. The van der Waals surface area contributed by atoms with Crippen molar-refractivity contribution in [2.45, 2.75) is 12.0 Å². The van der Waals surface area contributed by atoms with Crippen molar-refractivity contribution in [3.8, 4) is 0 Å². The Morgan fingerprint density at radius 1 is 1.33 bits per heavy atom. The molecule has 1 unspecified atom stereocenters. The molecule has 18 heavy (non-hydrogen) atoms. The first-order chi connectivity index (χ1) is 8.82. The first-order valence-electron chi connectivity index (χ1n) is 6.19. The van der Waals surface area contributed by atoms with Gasteiger partial charge in [0.15, 0.2) is 0 Å². The van der Waals surface area contributed by atoms with Gasteiger partial charge in [0.1, 0.15) is 0 Å². The molecule has 0 saturated carbocycles. The fraction of sp³-hybridized carbons (Fsp3) is 0.538. The number of hydrogen-bond acceptors (Lipinski definition) is 4. The molecule has 0 radical (unpaired) electrons. The maximum Gasteiger partial charge on any atom is 0.256 e. The van der Waals surface area contributed by atoms with Gasteiger partial charge in [-0.3, -0.25) is 9.78 Å². The van der Waals surface area contributed by atoms with E-state index < -0.39 is 0 Å². The predicted molar refractivity (Wildman–Crippen MR) is 64.3 cm³/mol. The average Bonchev–Trinajstić information content (AvgIpc) is 2.88. The number of ether oxygens (including phenoxy) is 2. The third-order valence-electron chi connectivity index (χ3n) is 3.64. The monoisotopic (exact) mass is 248 g/mol. The number of pyridine rings is 1. The molecule has 0 aliphatic carbocycles. The molecule has 1 amide bonds. The van der Waals surface area contributed by atoms with Crippen LogP contribution in [0.1, 0.15) is 16.8 Å². The zero-order valence-corrected chi connectivity index (χ0v) is 10.2. The first kappa shape index (κ1) is 11.6. The summed E-state index contributed by atoms with van der Waals surface area (Å²) in [6, 6.07) is 3.58. The van der Waals surface area contributed by atoms with E-state index in [4.69, 9.17) is 9.47 Å². The van der Waals surface area contributed by atoms with E-state index in [-0.39, 0.29) is 11.4 Å². The Labute approximate surface area is 106 Å². The Balaban J connectivity index is 1.87. The molecular weight excluding hydrogens is 232 g/mol. The molecule has 2 fully saturated rings. The first-order valence-corrected chi connectivity index (χ1v) is 6.19. The summed E-state index contributed by atoms with van der Waals surface area (Å²) in [7, 11) is 0. The normalized spacial score (nSPS) is 27.7. The second-order valence-electron chi connectivity index (χ2n) is 4.78. The van der Waals surface area contributed by atoms with Gasteiger partial charge in [0.25, 0.3) is 5.91 Å². The molecule has 5 heteroatoms. The number of rotatable bonds is 1. The quantitative estimate of drug-likeness (QED) is 0.734. The molecule has 3 heterocycles. The molecule has 0 bridgehead atoms. The molecule has 1 spiro atoms. The van der Waals surface area contributed by atoms with Crippen molar-refractivity contribution in [1.82, 2.24) is 9.88 Å². The molecule has 0 aromatic carbocycles. The van der Waals surface area contributed by atoms with Crippen molar-refractivity contribution in [2.24, 2.45) is 0 Å². The Morgan fingerprint density at radius 3 is 2.89 bits per heavy atom. The molecule has 1 aromatic heterocycles. The van der Waals surface area contributed by atoms with Gasteiger partial charge >= 0.3 is 0 Å². The largest absolute Gasteiger partial charge is 0.379 e. The van der Waals surface area contributed by atoms with Crippen LogP contribution in [0.2, 0.25) is 0 Å². The molecule has 96 valence electrons. The van der Waals surface area contributed by atoms with E-state index in [0.717, 1.165) is 6.42 Å². The van der Waals surface area contributed by atoms with E-state index in [0.29, 0.717) is 38.5 Å². The van der Waals surface area contributed by atoms with Crippen molar-refractivity contribution in [1.29, 1.82) is 0 Å². The second-order valence-corrected chi connectivity index (χ2v) is 4.78. The summed E-state index contributed by atoms with van der Waals surface area (Å²) in [6.07, 6.45) is 4.13. The molecule has 3 rings (SSSR count). The van der Waals surface area contributed by atoms with Crippen LogP contribution in [0, 0.1) is 0 Å². The highest BCUT2D eigenvalue weighted by molar-refractivity contribution is 5.94. The van der Waals surface area contributed by atoms with Crippen LogP contribution in [-0.2, 0) is 9.47 Å². The number of carbonyl (C=O) groups excluding carboxylic acids is 1. The van der Waals surface area contributed by atoms with E-state index >= 15 is 0 Å². The molecule has 0 N–H and O–H groups in total. The Kier molecular flexibility index (Phi) is 3.01. The van der Waals surface area contributed by atoms with Crippen LogP contribution in [0.25, 0.3) is 0 Å². The van der Waals surface area contributed by atoms with Gasteiger partial charge in [-0.2, -0.15) is 0 Å². The van der Waals surface area contributed by atoms with E-state index in [9.17, 15) is 4.79 Å². The number of morpholine rings is 1. The Bertz CT molecular complexity index is 429. The van der Waals surface area contributed by atoms with Crippen LogP contribution < -0.4 is 0 Å². The maximum absolute atomic E-state index is 12.5. The lowest BCUT2D eigenvalue weighted by molar-refractivity contribution is -0.0551. The molecule has 2 aliphatic heterocycles. The molecule has 2 aliphatic rings. The van der Waals surface area contributed by atoms with Gasteiger partial charge in [0, 0.05) is 25.5 Å². The summed E-state index contributed by atoms with van der Waals surface area (Å²) >= 11 is 0. The van der Waals surface area contributed by atoms with Crippen LogP contribution in [0.4, 0.5) is 0 Å². The number of aromatic nitrogens is 1. The average molecular weight is 248 g/mol. The van der Waals surface area contributed by atoms with E-state index in [1.165, 1.54) is 0 Å². The molecule has 1 atom stereocenters. The summed E-state index contributed by atoms with van der Waals surface area (Å²) in [5.41, 5.74) is 0.358. The van der Waals surface area contributed by atoms with Crippen molar-refractivity contribution in [3.05, 3.63) is 30.1 Å². The third-order valence-corrected chi connectivity index (χ3v) is 3.64. The molecular formula is C13H16N2O3. The Hall–Kier alpha value is -1.46. The number of carbonyl (C=O) groups is 1. The van der Waals surface area contributed by atoms with Crippen molar-refractivity contribution < 1.29 is 14.3 Å². The SMILES string of the molecule is O=C(c1cccnc1)N1CCOCC12CCOC2. The van der Waals surface area contributed by atoms with Gasteiger partial charge in [-0.25, -0.2) is 0 Å². The zero-order valence-electron chi connectivity index (χ0n) is 10.2. The van der Waals surface area contributed by atoms with E-state index in [2.05, 4.69) is 4.98 Å².